The molecule has 2 unspecified atom stereocenters. The Morgan fingerprint density at radius 1 is 1.09 bits per heavy atom. The number of ether oxygens (including phenoxy) is 2. The summed E-state index contributed by atoms with van der Waals surface area (Å²) in [5.41, 5.74) is 1.99. The van der Waals surface area contributed by atoms with E-state index in [1.807, 2.05) is 67.5 Å². The Bertz CT molecular complexity index is 1140. The lowest BCUT2D eigenvalue weighted by Gasteiger charge is -2.28. The number of amides is 1. The van der Waals surface area contributed by atoms with Crippen molar-refractivity contribution in [3.8, 4) is 5.75 Å². The Kier molecular flexibility index (Phi) is 7.49. The summed E-state index contributed by atoms with van der Waals surface area (Å²) in [7, 11) is 5.53. The average molecular weight is 478 g/mol. The van der Waals surface area contributed by atoms with Gasteiger partial charge in [0.05, 0.1) is 23.6 Å². The van der Waals surface area contributed by atoms with E-state index < -0.39 is 17.3 Å². The molecule has 0 N–H and O–H groups in total. The highest BCUT2D eigenvalue weighted by atomic mass is 32.2. The highest BCUT2D eigenvalue weighted by molar-refractivity contribution is 7.99. The third-order valence-electron chi connectivity index (χ3n) is 5.54. The van der Waals surface area contributed by atoms with E-state index >= 15 is 0 Å². The number of pyridine rings is 1. The van der Waals surface area contributed by atoms with E-state index in [4.69, 9.17) is 9.47 Å². The first-order valence-electron chi connectivity index (χ1n) is 10.9. The zero-order valence-corrected chi connectivity index (χ0v) is 20.2. The van der Waals surface area contributed by atoms with Crippen molar-refractivity contribution < 1.29 is 19.1 Å². The molecule has 2 aromatic carbocycles. The monoisotopic (exact) mass is 477 g/mol. The van der Waals surface area contributed by atoms with Crippen LogP contribution in [0.4, 0.5) is 5.69 Å². The Balaban J connectivity index is 1.76. The fraction of sp³-hybridized carbons (Fsp3) is 0.269. The Morgan fingerprint density at radius 3 is 2.53 bits per heavy atom. The van der Waals surface area contributed by atoms with Crippen LogP contribution >= 0.6 is 11.8 Å². The van der Waals surface area contributed by atoms with Crippen LogP contribution in [0.5, 0.6) is 5.75 Å². The number of para-hydroxylation sites is 1. The van der Waals surface area contributed by atoms with Gasteiger partial charge in [-0.05, 0) is 56.1 Å². The number of fused-ring (bicyclic) bond motifs is 1. The van der Waals surface area contributed by atoms with E-state index in [9.17, 15) is 9.59 Å². The molecule has 0 radical (unpaired) electrons. The highest BCUT2D eigenvalue weighted by Gasteiger charge is 2.41. The molecule has 0 spiro atoms. The summed E-state index contributed by atoms with van der Waals surface area (Å²) in [6, 6.07) is 18.6. The van der Waals surface area contributed by atoms with Gasteiger partial charge < -0.3 is 19.3 Å². The normalized spacial score (nSPS) is 17.8. The first-order valence-corrected chi connectivity index (χ1v) is 11.8. The number of methoxy groups -OCH3 is 1. The second-order valence-corrected chi connectivity index (χ2v) is 9.32. The molecular weight excluding hydrogens is 450 g/mol. The molecule has 0 aliphatic carbocycles. The lowest BCUT2D eigenvalue weighted by atomic mass is 10.1. The van der Waals surface area contributed by atoms with Crippen molar-refractivity contribution in [3.05, 3.63) is 84.2 Å². The lowest BCUT2D eigenvalue weighted by Crippen LogP contribution is -2.45. The van der Waals surface area contributed by atoms with E-state index in [-0.39, 0.29) is 5.91 Å². The molecule has 34 heavy (non-hydrogen) atoms. The van der Waals surface area contributed by atoms with Gasteiger partial charge >= 0.3 is 5.97 Å². The van der Waals surface area contributed by atoms with Crippen LogP contribution in [-0.2, 0) is 9.53 Å². The van der Waals surface area contributed by atoms with Gasteiger partial charge in [0.2, 0.25) is 0 Å². The summed E-state index contributed by atoms with van der Waals surface area (Å²) in [5.74, 6) is -0.118. The van der Waals surface area contributed by atoms with Crippen LogP contribution in [0.15, 0.2) is 78.0 Å². The van der Waals surface area contributed by atoms with E-state index in [1.165, 1.54) is 18.0 Å². The zero-order valence-electron chi connectivity index (χ0n) is 19.4. The number of likely N-dealkylation sites (N-methyl/N-ethyl adjacent to an activating group) is 1. The van der Waals surface area contributed by atoms with Gasteiger partial charge in [0.1, 0.15) is 5.75 Å². The van der Waals surface area contributed by atoms with Crippen LogP contribution in [0, 0.1) is 0 Å². The molecule has 7 nitrogen and oxygen atoms in total. The molecule has 4 rings (SSSR count). The average Bonchev–Trinajstić information content (AvgIpc) is 2.98. The van der Waals surface area contributed by atoms with Gasteiger partial charge in [-0.25, -0.2) is 4.79 Å². The number of hydrogen-bond acceptors (Lipinski definition) is 7. The van der Waals surface area contributed by atoms with E-state index in [0.717, 1.165) is 16.1 Å². The fourth-order valence-electron chi connectivity index (χ4n) is 3.73. The van der Waals surface area contributed by atoms with Gasteiger partial charge in [-0.1, -0.05) is 24.3 Å². The van der Waals surface area contributed by atoms with E-state index in [1.54, 1.807) is 30.3 Å². The van der Waals surface area contributed by atoms with E-state index in [0.29, 0.717) is 24.4 Å². The quantitative estimate of drug-likeness (QED) is 0.475. The smallest absolute Gasteiger partial charge is 0.340 e. The molecule has 8 heteroatoms. The molecule has 2 heterocycles. The Labute approximate surface area is 203 Å². The van der Waals surface area contributed by atoms with Crippen molar-refractivity contribution in [1.29, 1.82) is 0 Å². The molecule has 1 aliphatic rings. The minimum absolute atomic E-state index is 0.252. The number of hydrogen-bond donors (Lipinski definition) is 0. The number of anilines is 1. The number of benzene rings is 2. The van der Waals surface area contributed by atoms with Gasteiger partial charge in [-0.15, -0.1) is 11.8 Å². The third kappa shape index (κ3) is 5.24. The third-order valence-corrected chi connectivity index (χ3v) is 6.91. The minimum atomic E-state index is -1.03. The molecule has 0 saturated carbocycles. The molecule has 176 valence electrons. The summed E-state index contributed by atoms with van der Waals surface area (Å²) < 4.78 is 11.2. The standard InChI is InChI=1S/C26H27N3O4S/c1-28(2)15-16-29-21-8-4-5-9-22(21)34-24(18-10-12-20(32-3)13-11-18)23(25(29)30)33-26(31)19-7-6-14-27-17-19/h4-14,17,23-24H,15-16H2,1-3H3. The maximum absolute atomic E-state index is 14.0. The molecule has 1 amide bonds. The van der Waals surface area contributed by atoms with Gasteiger partial charge in [-0.2, -0.15) is 0 Å². The number of nitrogens with zero attached hydrogens (tertiary/aromatic N) is 3. The predicted molar refractivity (Wildman–Crippen MR) is 132 cm³/mol. The van der Waals surface area contributed by atoms with Crippen molar-refractivity contribution in [2.75, 3.05) is 39.2 Å². The Morgan fingerprint density at radius 2 is 1.85 bits per heavy atom. The summed E-state index contributed by atoms with van der Waals surface area (Å²) in [6.07, 6.45) is 2.00. The maximum Gasteiger partial charge on any atom is 0.340 e. The molecule has 2 atom stereocenters. The van der Waals surface area contributed by atoms with Crippen molar-refractivity contribution in [2.45, 2.75) is 16.2 Å². The number of esters is 1. The first kappa shape index (κ1) is 23.8. The molecule has 1 aliphatic heterocycles. The minimum Gasteiger partial charge on any atom is -0.497 e. The van der Waals surface area contributed by atoms with E-state index in [2.05, 4.69) is 4.98 Å². The van der Waals surface area contributed by atoms with Crippen molar-refractivity contribution in [1.82, 2.24) is 9.88 Å². The van der Waals surface area contributed by atoms with Crippen molar-refractivity contribution >= 4 is 29.3 Å². The number of carbonyl (C=O) groups is 2. The molecule has 3 aromatic rings. The second kappa shape index (κ2) is 10.7. The summed E-state index contributed by atoms with van der Waals surface area (Å²) in [6.45, 7) is 1.14. The molecule has 0 saturated heterocycles. The summed E-state index contributed by atoms with van der Waals surface area (Å²) in [4.78, 5) is 35.7. The second-order valence-electron chi connectivity index (χ2n) is 8.14. The number of rotatable bonds is 7. The zero-order chi connectivity index (χ0) is 24.1. The van der Waals surface area contributed by atoms with Gasteiger partial charge in [0.15, 0.2) is 6.10 Å². The van der Waals surface area contributed by atoms with Crippen LogP contribution in [0.1, 0.15) is 21.2 Å². The van der Waals surface area contributed by atoms with Crippen LogP contribution in [0.25, 0.3) is 0 Å². The number of carbonyl (C=O) groups excluding carboxylic acids is 2. The summed E-state index contributed by atoms with van der Waals surface area (Å²) in [5, 5.41) is -0.440. The molecule has 1 aromatic heterocycles. The van der Waals surface area contributed by atoms with Crippen LogP contribution in [0.3, 0.4) is 0 Å². The van der Waals surface area contributed by atoms with Gasteiger partial charge in [0, 0.05) is 30.4 Å². The lowest BCUT2D eigenvalue weighted by molar-refractivity contribution is -0.127. The van der Waals surface area contributed by atoms with Crippen LogP contribution in [-0.4, -0.2) is 62.2 Å². The van der Waals surface area contributed by atoms with Crippen molar-refractivity contribution in [2.24, 2.45) is 0 Å². The van der Waals surface area contributed by atoms with Gasteiger partial charge in [0.25, 0.3) is 5.91 Å². The number of aromatic nitrogens is 1. The van der Waals surface area contributed by atoms with Crippen molar-refractivity contribution in [3.63, 3.8) is 0 Å². The van der Waals surface area contributed by atoms with Gasteiger partial charge in [-0.3, -0.25) is 9.78 Å². The maximum atomic E-state index is 14.0. The topological polar surface area (TPSA) is 72.0 Å². The molecular formula is C26H27N3O4S. The number of thioether (sulfide) groups is 1. The first-order chi connectivity index (χ1) is 16.5. The fourth-order valence-corrected chi connectivity index (χ4v) is 5.04. The van der Waals surface area contributed by atoms with Crippen LogP contribution < -0.4 is 9.64 Å². The predicted octanol–water partition coefficient (Wildman–Crippen LogP) is 4.06. The summed E-state index contributed by atoms with van der Waals surface area (Å²) >= 11 is 1.52. The molecule has 0 bridgehead atoms. The highest BCUT2D eigenvalue weighted by Crippen LogP contribution is 2.47. The molecule has 0 fully saturated rings. The largest absolute Gasteiger partial charge is 0.497 e. The Hall–Kier alpha value is -3.36. The SMILES string of the molecule is COc1ccc(C2Sc3ccccc3N(CCN(C)C)C(=O)C2OC(=O)c2cccnc2)cc1. The van der Waals surface area contributed by atoms with Crippen LogP contribution in [0.2, 0.25) is 0 Å².